The maximum absolute atomic E-state index is 13.1. The van der Waals surface area contributed by atoms with Gasteiger partial charge in [0.2, 0.25) is 15.9 Å². The standard InChI is InChI=1S/C23H34ClN3O4S/c1-3-4-12-25(2)22(28)18-10-15-26(16-11-18)23(29)19-8-9-20(24)21(17-19)32(30,31)27-13-6-5-7-14-27/h8-9,17-18H,3-7,10-16H2,1-2H3. The number of hydrogen-bond acceptors (Lipinski definition) is 4. The van der Waals surface area contributed by atoms with E-state index in [1.807, 2.05) is 7.05 Å². The minimum Gasteiger partial charge on any atom is -0.346 e. The maximum atomic E-state index is 13.1. The number of piperidine rings is 2. The van der Waals surface area contributed by atoms with E-state index in [2.05, 4.69) is 6.92 Å². The first-order chi connectivity index (χ1) is 15.3. The molecule has 2 amide bonds. The Bertz CT molecular complexity index is 923. The number of carbonyl (C=O) groups is 2. The van der Waals surface area contributed by atoms with Gasteiger partial charge in [0, 0.05) is 51.3 Å². The quantitative estimate of drug-likeness (QED) is 0.593. The molecule has 0 N–H and O–H groups in total. The van der Waals surface area contributed by atoms with Crippen molar-refractivity contribution >= 4 is 33.4 Å². The smallest absolute Gasteiger partial charge is 0.253 e. The second-order valence-electron chi connectivity index (χ2n) is 8.79. The second-order valence-corrected chi connectivity index (χ2v) is 11.1. The van der Waals surface area contributed by atoms with Gasteiger partial charge in [-0.2, -0.15) is 4.31 Å². The molecule has 7 nitrogen and oxygen atoms in total. The van der Waals surface area contributed by atoms with Gasteiger partial charge >= 0.3 is 0 Å². The molecular weight excluding hydrogens is 450 g/mol. The van der Waals surface area contributed by atoms with Gasteiger partial charge in [0.15, 0.2) is 0 Å². The highest BCUT2D eigenvalue weighted by Gasteiger charge is 2.32. The first-order valence-electron chi connectivity index (χ1n) is 11.6. The van der Waals surface area contributed by atoms with Gasteiger partial charge in [-0.1, -0.05) is 31.4 Å². The molecule has 178 valence electrons. The van der Waals surface area contributed by atoms with E-state index < -0.39 is 10.0 Å². The summed E-state index contributed by atoms with van der Waals surface area (Å²) >= 11 is 6.24. The average Bonchev–Trinajstić information content (AvgIpc) is 2.82. The Hall–Kier alpha value is -1.64. The van der Waals surface area contributed by atoms with Crippen LogP contribution in [0.15, 0.2) is 23.1 Å². The molecule has 2 saturated heterocycles. The number of amides is 2. The normalized spacial score (nSPS) is 18.5. The average molecular weight is 484 g/mol. The molecule has 0 saturated carbocycles. The molecule has 2 fully saturated rings. The Morgan fingerprint density at radius 2 is 1.75 bits per heavy atom. The van der Waals surface area contributed by atoms with Crippen molar-refractivity contribution in [3.05, 3.63) is 28.8 Å². The summed E-state index contributed by atoms with van der Waals surface area (Å²) in [5.74, 6) is -0.143. The van der Waals surface area contributed by atoms with Crippen LogP contribution < -0.4 is 0 Å². The largest absolute Gasteiger partial charge is 0.346 e. The molecule has 32 heavy (non-hydrogen) atoms. The number of sulfonamides is 1. The molecule has 0 spiro atoms. The van der Waals surface area contributed by atoms with Crippen molar-refractivity contribution in [2.75, 3.05) is 39.8 Å². The second kappa shape index (κ2) is 11.0. The van der Waals surface area contributed by atoms with Crippen molar-refractivity contribution in [3.63, 3.8) is 0 Å². The van der Waals surface area contributed by atoms with Crippen molar-refractivity contribution in [2.24, 2.45) is 5.92 Å². The van der Waals surface area contributed by atoms with Crippen LogP contribution in [0.3, 0.4) is 0 Å². The van der Waals surface area contributed by atoms with Gasteiger partial charge in [0.05, 0.1) is 5.02 Å². The van der Waals surface area contributed by atoms with Gasteiger partial charge in [-0.15, -0.1) is 0 Å². The van der Waals surface area contributed by atoms with E-state index in [9.17, 15) is 18.0 Å². The predicted octanol–water partition coefficient (Wildman–Crippen LogP) is 3.63. The van der Waals surface area contributed by atoms with E-state index >= 15 is 0 Å². The molecule has 0 aromatic heterocycles. The first-order valence-corrected chi connectivity index (χ1v) is 13.4. The lowest BCUT2D eigenvalue weighted by atomic mass is 9.95. The summed E-state index contributed by atoms with van der Waals surface area (Å²) in [6.45, 7) is 4.77. The molecule has 3 rings (SSSR count). The zero-order valence-electron chi connectivity index (χ0n) is 19.1. The van der Waals surface area contributed by atoms with Gasteiger partial charge < -0.3 is 9.80 Å². The minimum absolute atomic E-state index is 0.00507. The fourth-order valence-electron chi connectivity index (χ4n) is 4.41. The molecular formula is C23H34ClN3O4S. The number of benzene rings is 1. The van der Waals surface area contributed by atoms with Crippen LogP contribution in [-0.2, 0) is 14.8 Å². The summed E-state index contributed by atoms with van der Waals surface area (Å²) in [4.78, 5) is 29.2. The van der Waals surface area contributed by atoms with E-state index in [1.54, 1.807) is 15.9 Å². The number of unbranched alkanes of at least 4 members (excludes halogenated alkanes) is 1. The van der Waals surface area contributed by atoms with Crippen LogP contribution in [0.1, 0.15) is 62.2 Å². The van der Waals surface area contributed by atoms with Crippen molar-refractivity contribution in [1.29, 1.82) is 0 Å². The maximum Gasteiger partial charge on any atom is 0.253 e. The highest BCUT2D eigenvalue weighted by Crippen LogP contribution is 2.29. The van der Waals surface area contributed by atoms with Crippen LogP contribution in [0.5, 0.6) is 0 Å². The number of nitrogens with zero attached hydrogens (tertiary/aromatic N) is 3. The molecule has 1 aromatic rings. The summed E-state index contributed by atoms with van der Waals surface area (Å²) in [7, 11) is -1.90. The fraction of sp³-hybridized carbons (Fsp3) is 0.652. The zero-order valence-corrected chi connectivity index (χ0v) is 20.6. The highest BCUT2D eigenvalue weighted by atomic mass is 35.5. The third-order valence-corrected chi connectivity index (χ3v) is 8.85. The molecule has 2 aliphatic rings. The molecule has 0 radical (unpaired) electrons. The lowest BCUT2D eigenvalue weighted by Crippen LogP contribution is -2.43. The lowest BCUT2D eigenvalue weighted by Gasteiger charge is -2.33. The minimum atomic E-state index is -3.74. The van der Waals surface area contributed by atoms with Crippen molar-refractivity contribution < 1.29 is 18.0 Å². The van der Waals surface area contributed by atoms with Gasteiger partial charge in [0.1, 0.15) is 4.90 Å². The highest BCUT2D eigenvalue weighted by molar-refractivity contribution is 7.89. The molecule has 0 atom stereocenters. The molecule has 0 aliphatic carbocycles. The van der Waals surface area contributed by atoms with Crippen LogP contribution in [-0.4, -0.2) is 74.1 Å². The Balaban J connectivity index is 1.67. The Labute approximate surface area is 196 Å². The first kappa shape index (κ1) is 25.0. The number of likely N-dealkylation sites (tertiary alicyclic amines) is 1. The zero-order chi connectivity index (χ0) is 23.3. The number of halogens is 1. The van der Waals surface area contributed by atoms with Crippen LogP contribution in [0.4, 0.5) is 0 Å². The Kier molecular flexibility index (Phi) is 8.58. The van der Waals surface area contributed by atoms with Gasteiger partial charge in [-0.25, -0.2) is 8.42 Å². The summed E-state index contributed by atoms with van der Waals surface area (Å²) in [6.07, 6.45) is 5.94. The number of rotatable bonds is 7. The Morgan fingerprint density at radius 1 is 1.09 bits per heavy atom. The van der Waals surface area contributed by atoms with Crippen LogP contribution in [0.2, 0.25) is 5.02 Å². The number of hydrogen-bond donors (Lipinski definition) is 0. The fourth-order valence-corrected chi connectivity index (χ4v) is 6.43. The van der Waals surface area contributed by atoms with Gasteiger partial charge in [0.25, 0.3) is 5.91 Å². The van der Waals surface area contributed by atoms with Crippen LogP contribution in [0.25, 0.3) is 0 Å². The molecule has 1 aromatic carbocycles. The van der Waals surface area contributed by atoms with E-state index in [0.29, 0.717) is 44.6 Å². The molecule has 0 unspecified atom stereocenters. The van der Waals surface area contributed by atoms with Crippen molar-refractivity contribution in [2.45, 2.75) is 56.8 Å². The summed E-state index contributed by atoms with van der Waals surface area (Å²) < 4.78 is 27.6. The summed E-state index contributed by atoms with van der Waals surface area (Å²) in [5, 5.41) is 0.131. The number of carbonyl (C=O) groups excluding carboxylic acids is 2. The molecule has 9 heteroatoms. The molecule has 0 bridgehead atoms. The van der Waals surface area contributed by atoms with E-state index in [4.69, 9.17) is 11.6 Å². The van der Waals surface area contributed by atoms with Crippen molar-refractivity contribution in [3.8, 4) is 0 Å². The van der Waals surface area contributed by atoms with E-state index in [-0.39, 0.29) is 27.7 Å². The van der Waals surface area contributed by atoms with Crippen LogP contribution in [0, 0.1) is 5.92 Å². The lowest BCUT2D eigenvalue weighted by molar-refractivity contribution is -0.135. The van der Waals surface area contributed by atoms with Gasteiger partial charge in [-0.3, -0.25) is 9.59 Å². The van der Waals surface area contributed by atoms with Crippen LogP contribution >= 0.6 is 11.6 Å². The SMILES string of the molecule is CCCCN(C)C(=O)C1CCN(C(=O)c2ccc(Cl)c(S(=O)(=O)N3CCCCC3)c2)CC1. The topological polar surface area (TPSA) is 78.0 Å². The molecule has 2 aliphatic heterocycles. The predicted molar refractivity (Wildman–Crippen MR) is 125 cm³/mol. The summed E-state index contributed by atoms with van der Waals surface area (Å²) in [5.41, 5.74) is 0.315. The van der Waals surface area contributed by atoms with E-state index in [0.717, 1.165) is 38.6 Å². The molecule has 2 heterocycles. The van der Waals surface area contributed by atoms with Gasteiger partial charge in [-0.05, 0) is 50.3 Å². The third-order valence-electron chi connectivity index (χ3n) is 6.47. The van der Waals surface area contributed by atoms with E-state index in [1.165, 1.54) is 16.4 Å². The third kappa shape index (κ3) is 5.64. The monoisotopic (exact) mass is 483 g/mol. The Morgan fingerprint density at radius 3 is 2.38 bits per heavy atom. The van der Waals surface area contributed by atoms with Crippen molar-refractivity contribution in [1.82, 2.24) is 14.1 Å². The summed E-state index contributed by atoms with van der Waals surface area (Å²) in [6, 6.07) is 4.48.